The fourth-order valence-corrected chi connectivity index (χ4v) is 2.50. The highest BCUT2D eigenvalue weighted by Crippen LogP contribution is 2.30. The molecule has 7 heteroatoms. The Kier molecular flexibility index (Phi) is 3.48. The van der Waals surface area contributed by atoms with Crippen molar-refractivity contribution >= 4 is 17.6 Å². The second-order valence-corrected chi connectivity index (χ2v) is 5.40. The Morgan fingerprint density at radius 1 is 1.29 bits per heavy atom. The predicted molar refractivity (Wildman–Crippen MR) is 71.7 cm³/mol. The number of anilines is 1. The molecule has 2 fully saturated rings. The van der Waals surface area contributed by atoms with Crippen LogP contribution < -0.4 is 10.6 Å². The lowest BCUT2D eigenvalue weighted by molar-refractivity contribution is -0.128. The molecule has 1 saturated carbocycles. The van der Waals surface area contributed by atoms with Crippen LogP contribution in [0, 0.1) is 11.6 Å². The summed E-state index contributed by atoms with van der Waals surface area (Å²) >= 11 is 0. The van der Waals surface area contributed by atoms with Crippen LogP contribution in [0.1, 0.15) is 19.3 Å². The van der Waals surface area contributed by atoms with E-state index in [2.05, 4.69) is 10.6 Å². The monoisotopic (exact) mass is 295 g/mol. The largest absolute Gasteiger partial charge is 0.338 e. The maximum absolute atomic E-state index is 13.4. The molecule has 112 valence electrons. The molecule has 1 aliphatic heterocycles. The number of rotatable bonds is 3. The lowest BCUT2D eigenvalue weighted by atomic mass is 10.2. The Morgan fingerprint density at radius 3 is 2.76 bits per heavy atom. The fourth-order valence-electron chi connectivity index (χ4n) is 2.50. The zero-order valence-electron chi connectivity index (χ0n) is 11.2. The molecule has 1 heterocycles. The molecule has 1 aromatic rings. The SMILES string of the molecule is O=C(Nc1cc(F)ccc1F)NC1CC(=O)N(C2CC2)C1. The first-order chi connectivity index (χ1) is 10.0. The van der Waals surface area contributed by atoms with E-state index in [-0.39, 0.29) is 24.1 Å². The van der Waals surface area contributed by atoms with Crippen LogP contribution in [0.5, 0.6) is 0 Å². The van der Waals surface area contributed by atoms with Gasteiger partial charge in [0.1, 0.15) is 11.6 Å². The van der Waals surface area contributed by atoms with Gasteiger partial charge in [0.15, 0.2) is 0 Å². The molecule has 0 aromatic heterocycles. The quantitative estimate of drug-likeness (QED) is 0.894. The molecular formula is C14H15F2N3O2. The molecule has 1 aliphatic carbocycles. The zero-order valence-corrected chi connectivity index (χ0v) is 11.2. The van der Waals surface area contributed by atoms with E-state index >= 15 is 0 Å². The van der Waals surface area contributed by atoms with Crippen LogP contribution in [-0.2, 0) is 4.79 Å². The van der Waals surface area contributed by atoms with Gasteiger partial charge in [0.2, 0.25) is 5.91 Å². The standard InChI is InChI=1S/C14H15F2N3O2/c15-8-1-4-11(16)12(5-8)18-14(21)17-9-6-13(20)19(7-9)10-2-3-10/h1,4-5,9-10H,2-3,6-7H2,(H2,17,18,21). The number of hydrogen-bond donors (Lipinski definition) is 2. The number of nitrogens with zero attached hydrogens (tertiary/aromatic N) is 1. The third kappa shape index (κ3) is 3.12. The molecule has 5 nitrogen and oxygen atoms in total. The normalized spacial score (nSPS) is 21.5. The van der Waals surface area contributed by atoms with E-state index in [1.807, 2.05) is 0 Å². The molecule has 21 heavy (non-hydrogen) atoms. The van der Waals surface area contributed by atoms with Gasteiger partial charge >= 0.3 is 6.03 Å². The number of halogens is 2. The van der Waals surface area contributed by atoms with Gasteiger partial charge in [-0.1, -0.05) is 0 Å². The van der Waals surface area contributed by atoms with E-state index in [9.17, 15) is 18.4 Å². The van der Waals surface area contributed by atoms with Gasteiger partial charge in [-0.2, -0.15) is 0 Å². The molecule has 2 aliphatic rings. The van der Waals surface area contributed by atoms with Gasteiger partial charge < -0.3 is 15.5 Å². The summed E-state index contributed by atoms with van der Waals surface area (Å²) in [6, 6.07) is 2.20. The van der Waals surface area contributed by atoms with Crippen molar-refractivity contribution in [3.05, 3.63) is 29.8 Å². The van der Waals surface area contributed by atoms with Crippen LogP contribution in [0.4, 0.5) is 19.3 Å². The zero-order chi connectivity index (χ0) is 15.0. The van der Waals surface area contributed by atoms with Crippen molar-refractivity contribution in [3.63, 3.8) is 0 Å². The molecule has 2 N–H and O–H groups in total. The number of likely N-dealkylation sites (tertiary alicyclic amines) is 1. The highest BCUT2D eigenvalue weighted by molar-refractivity contribution is 5.90. The Morgan fingerprint density at radius 2 is 2.05 bits per heavy atom. The number of carbonyl (C=O) groups is 2. The maximum Gasteiger partial charge on any atom is 0.319 e. The predicted octanol–water partition coefficient (Wildman–Crippen LogP) is 1.85. The van der Waals surface area contributed by atoms with Gasteiger partial charge in [-0.15, -0.1) is 0 Å². The van der Waals surface area contributed by atoms with E-state index in [1.165, 1.54) is 0 Å². The summed E-state index contributed by atoms with van der Waals surface area (Å²) in [7, 11) is 0. The van der Waals surface area contributed by atoms with Crippen molar-refractivity contribution in [1.82, 2.24) is 10.2 Å². The van der Waals surface area contributed by atoms with Gasteiger partial charge in [-0.3, -0.25) is 4.79 Å². The number of amides is 3. The minimum atomic E-state index is -0.714. The minimum Gasteiger partial charge on any atom is -0.338 e. The van der Waals surface area contributed by atoms with Gasteiger partial charge in [-0.05, 0) is 25.0 Å². The van der Waals surface area contributed by atoms with Gasteiger partial charge in [0, 0.05) is 25.1 Å². The summed E-state index contributed by atoms with van der Waals surface area (Å²) < 4.78 is 26.4. The topological polar surface area (TPSA) is 61.4 Å². The number of hydrogen-bond acceptors (Lipinski definition) is 2. The number of carbonyl (C=O) groups excluding carboxylic acids is 2. The first-order valence-corrected chi connectivity index (χ1v) is 6.85. The van der Waals surface area contributed by atoms with E-state index in [4.69, 9.17) is 0 Å². The van der Waals surface area contributed by atoms with Crippen LogP contribution in [0.25, 0.3) is 0 Å². The molecule has 1 aromatic carbocycles. The molecule has 1 atom stereocenters. The first-order valence-electron chi connectivity index (χ1n) is 6.85. The van der Waals surface area contributed by atoms with E-state index in [1.54, 1.807) is 4.90 Å². The first kappa shape index (κ1) is 13.8. The second-order valence-electron chi connectivity index (χ2n) is 5.40. The number of nitrogens with one attached hydrogen (secondary N) is 2. The van der Waals surface area contributed by atoms with Crippen LogP contribution in [0.15, 0.2) is 18.2 Å². The molecule has 0 bridgehead atoms. The Hall–Kier alpha value is -2.18. The molecule has 0 radical (unpaired) electrons. The van der Waals surface area contributed by atoms with Crippen molar-refractivity contribution in [2.45, 2.75) is 31.3 Å². The smallest absolute Gasteiger partial charge is 0.319 e. The van der Waals surface area contributed by atoms with Crippen molar-refractivity contribution in [2.24, 2.45) is 0 Å². The minimum absolute atomic E-state index is 0.0275. The highest BCUT2D eigenvalue weighted by Gasteiger charge is 2.39. The molecule has 1 unspecified atom stereocenters. The van der Waals surface area contributed by atoms with E-state index in [0.29, 0.717) is 12.6 Å². The third-order valence-corrected chi connectivity index (χ3v) is 3.66. The summed E-state index contributed by atoms with van der Waals surface area (Å²) in [5, 5.41) is 4.87. The molecule has 0 spiro atoms. The van der Waals surface area contributed by atoms with Crippen LogP contribution >= 0.6 is 0 Å². The Bertz CT molecular complexity index is 590. The molecular weight excluding hydrogens is 280 g/mol. The lowest BCUT2D eigenvalue weighted by Crippen LogP contribution is -2.40. The van der Waals surface area contributed by atoms with E-state index in [0.717, 1.165) is 31.0 Å². The van der Waals surface area contributed by atoms with E-state index < -0.39 is 17.7 Å². The molecule has 3 rings (SSSR count). The van der Waals surface area contributed by atoms with Gasteiger partial charge in [0.05, 0.1) is 11.7 Å². The van der Waals surface area contributed by atoms with Gasteiger partial charge in [-0.25, -0.2) is 13.6 Å². The van der Waals surface area contributed by atoms with Crippen LogP contribution in [0.2, 0.25) is 0 Å². The third-order valence-electron chi connectivity index (χ3n) is 3.66. The van der Waals surface area contributed by atoms with Crippen LogP contribution in [-0.4, -0.2) is 35.5 Å². The van der Waals surface area contributed by atoms with Crippen molar-refractivity contribution < 1.29 is 18.4 Å². The average molecular weight is 295 g/mol. The van der Waals surface area contributed by atoms with Crippen molar-refractivity contribution in [1.29, 1.82) is 0 Å². The van der Waals surface area contributed by atoms with Crippen LogP contribution in [0.3, 0.4) is 0 Å². The summed E-state index contributed by atoms with van der Waals surface area (Å²) in [4.78, 5) is 25.3. The number of urea groups is 1. The average Bonchev–Trinajstić information content (AvgIpc) is 3.19. The second kappa shape index (κ2) is 5.31. The Balaban J connectivity index is 1.57. The lowest BCUT2D eigenvalue weighted by Gasteiger charge is -2.16. The highest BCUT2D eigenvalue weighted by atomic mass is 19.1. The molecule has 3 amide bonds. The van der Waals surface area contributed by atoms with Crippen molar-refractivity contribution in [2.75, 3.05) is 11.9 Å². The summed E-state index contributed by atoms with van der Waals surface area (Å²) in [5.74, 6) is -1.32. The number of benzene rings is 1. The Labute approximate surface area is 120 Å². The maximum atomic E-state index is 13.4. The van der Waals surface area contributed by atoms with Gasteiger partial charge in [0.25, 0.3) is 0 Å². The summed E-state index contributed by atoms with van der Waals surface area (Å²) in [6.45, 7) is 0.475. The molecule has 1 saturated heterocycles. The van der Waals surface area contributed by atoms with Crippen molar-refractivity contribution in [3.8, 4) is 0 Å². The summed E-state index contributed by atoms with van der Waals surface area (Å²) in [6.07, 6.45) is 2.27. The fraction of sp³-hybridized carbons (Fsp3) is 0.429. The summed E-state index contributed by atoms with van der Waals surface area (Å²) in [5.41, 5.74) is -0.226.